The summed E-state index contributed by atoms with van der Waals surface area (Å²) in [6, 6.07) is 9.04. The Kier molecular flexibility index (Phi) is 3.86. The molecule has 0 amide bonds. The van der Waals surface area contributed by atoms with E-state index in [-0.39, 0.29) is 23.5 Å². The molecule has 5 heteroatoms. The number of benzene rings is 2. The van der Waals surface area contributed by atoms with E-state index in [0.29, 0.717) is 17.1 Å². The molecule has 3 rings (SSSR count). The normalized spacial score (nSPS) is 16.5. The average molecular weight is 314 g/mol. The maximum absolute atomic E-state index is 12.5. The number of Topliss-reactive ketones (excluding diaryl/α,β-unsaturated/α-hetero) is 1. The van der Waals surface area contributed by atoms with Crippen LogP contribution in [0.25, 0.3) is 0 Å². The maximum atomic E-state index is 12.5. The first kappa shape index (κ1) is 15.2. The largest absolute Gasteiger partial charge is 0.507 e. The van der Waals surface area contributed by atoms with E-state index >= 15 is 0 Å². The van der Waals surface area contributed by atoms with Crippen LogP contribution in [-0.2, 0) is 0 Å². The fraction of sp³-hybridized carbons (Fsp3) is 0.278. The van der Waals surface area contributed by atoms with Gasteiger partial charge >= 0.3 is 0 Å². The first-order valence-electron chi connectivity index (χ1n) is 7.29. The van der Waals surface area contributed by atoms with E-state index in [1.54, 1.807) is 20.1 Å². The highest BCUT2D eigenvalue weighted by Crippen LogP contribution is 2.44. The van der Waals surface area contributed by atoms with Crippen LogP contribution in [0.2, 0.25) is 0 Å². The molecule has 0 aromatic heterocycles. The average Bonchev–Trinajstić information content (AvgIpc) is 2.57. The summed E-state index contributed by atoms with van der Waals surface area (Å²) in [4.78, 5) is 12.5. The molecule has 5 nitrogen and oxygen atoms in total. The molecule has 0 radical (unpaired) electrons. The van der Waals surface area contributed by atoms with Gasteiger partial charge in [-0.25, -0.2) is 0 Å². The lowest BCUT2D eigenvalue weighted by atomic mass is 9.94. The van der Waals surface area contributed by atoms with E-state index in [2.05, 4.69) is 0 Å². The number of carbonyl (C=O) groups excluding carboxylic acids is 1. The zero-order valence-electron chi connectivity index (χ0n) is 13.3. The van der Waals surface area contributed by atoms with E-state index < -0.39 is 6.10 Å². The summed E-state index contributed by atoms with van der Waals surface area (Å²) in [5.74, 6) is 1.37. The van der Waals surface area contributed by atoms with Gasteiger partial charge in [-0.1, -0.05) is 12.1 Å². The SMILES string of the molecule is COc1ccc([C@@H]2CC(=O)c3c(cc(OC)c(C)c3O)O2)cc1. The fourth-order valence-electron chi connectivity index (χ4n) is 2.76. The van der Waals surface area contributed by atoms with Crippen LogP contribution < -0.4 is 14.2 Å². The minimum atomic E-state index is -0.396. The van der Waals surface area contributed by atoms with E-state index in [1.807, 2.05) is 24.3 Å². The number of ketones is 1. The molecule has 1 atom stereocenters. The van der Waals surface area contributed by atoms with Gasteiger partial charge in [0.05, 0.1) is 20.6 Å². The van der Waals surface area contributed by atoms with Gasteiger partial charge in [0.1, 0.15) is 34.7 Å². The van der Waals surface area contributed by atoms with Crippen molar-refractivity contribution >= 4 is 5.78 Å². The van der Waals surface area contributed by atoms with Crippen LogP contribution in [-0.4, -0.2) is 25.1 Å². The van der Waals surface area contributed by atoms with Crippen molar-refractivity contribution < 1.29 is 24.1 Å². The molecule has 0 aliphatic carbocycles. The zero-order chi connectivity index (χ0) is 16.6. The molecule has 0 fully saturated rings. The van der Waals surface area contributed by atoms with E-state index in [0.717, 1.165) is 11.3 Å². The zero-order valence-corrected chi connectivity index (χ0v) is 13.3. The van der Waals surface area contributed by atoms with Crippen molar-refractivity contribution in [1.29, 1.82) is 0 Å². The summed E-state index contributed by atoms with van der Waals surface area (Å²) < 4.78 is 16.3. The summed E-state index contributed by atoms with van der Waals surface area (Å²) in [7, 11) is 3.11. The molecule has 0 saturated carbocycles. The number of ether oxygens (including phenoxy) is 3. The van der Waals surface area contributed by atoms with Crippen LogP contribution in [0.1, 0.15) is 34.0 Å². The number of aromatic hydroxyl groups is 1. The number of rotatable bonds is 3. The minimum Gasteiger partial charge on any atom is -0.507 e. The van der Waals surface area contributed by atoms with Gasteiger partial charge in [0.15, 0.2) is 5.78 Å². The number of hydrogen-bond donors (Lipinski definition) is 1. The van der Waals surface area contributed by atoms with Crippen molar-refractivity contribution in [2.45, 2.75) is 19.4 Å². The third-order valence-electron chi connectivity index (χ3n) is 4.10. The summed E-state index contributed by atoms with van der Waals surface area (Å²) >= 11 is 0. The number of hydrogen-bond acceptors (Lipinski definition) is 5. The quantitative estimate of drug-likeness (QED) is 0.940. The lowest BCUT2D eigenvalue weighted by Crippen LogP contribution is -2.21. The van der Waals surface area contributed by atoms with Gasteiger partial charge in [0, 0.05) is 11.6 Å². The van der Waals surface area contributed by atoms with E-state index in [1.165, 1.54) is 7.11 Å². The van der Waals surface area contributed by atoms with Gasteiger partial charge in [-0.15, -0.1) is 0 Å². The fourth-order valence-corrected chi connectivity index (χ4v) is 2.76. The molecule has 23 heavy (non-hydrogen) atoms. The summed E-state index contributed by atoms with van der Waals surface area (Å²) in [6.45, 7) is 1.71. The van der Waals surface area contributed by atoms with Crippen molar-refractivity contribution in [3.8, 4) is 23.0 Å². The Balaban J connectivity index is 1.99. The number of methoxy groups -OCH3 is 2. The molecular formula is C18H18O5. The molecule has 0 bridgehead atoms. The summed E-state index contributed by atoms with van der Waals surface area (Å²) in [5, 5.41) is 10.3. The van der Waals surface area contributed by atoms with Crippen LogP contribution in [0.5, 0.6) is 23.0 Å². The molecular weight excluding hydrogens is 296 g/mol. The Morgan fingerprint density at radius 2 is 1.87 bits per heavy atom. The Hall–Kier alpha value is -2.69. The summed E-state index contributed by atoms with van der Waals surface area (Å²) in [6.07, 6.45) is -0.216. The van der Waals surface area contributed by atoms with Crippen LogP contribution in [0.4, 0.5) is 0 Å². The van der Waals surface area contributed by atoms with Gasteiger partial charge in [0.25, 0.3) is 0 Å². The Labute approximate surface area is 134 Å². The van der Waals surface area contributed by atoms with Gasteiger partial charge in [-0.3, -0.25) is 4.79 Å². The lowest BCUT2D eigenvalue weighted by Gasteiger charge is -2.27. The van der Waals surface area contributed by atoms with Crippen molar-refractivity contribution in [3.05, 3.63) is 47.0 Å². The van der Waals surface area contributed by atoms with Gasteiger partial charge in [0.2, 0.25) is 0 Å². The molecule has 1 heterocycles. The highest BCUT2D eigenvalue weighted by atomic mass is 16.5. The number of phenolic OH excluding ortho intramolecular Hbond substituents is 1. The topological polar surface area (TPSA) is 65.0 Å². The second kappa shape index (κ2) is 5.83. The third-order valence-corrected chi connectivity index (χ3v) is 4.10. The molecule has 0 unspecified atom stereocenters. The van der Waals surface area contributed by atoms with Crippen LogP contribution in [0.15, 0.2) is 30.3 Å². The van der Waals surface area contributed by atoms with Gasteiger partial charge in [-0.2, -0.15) is 0 Å². The lowest BCUT2D eigenvalue weighted by molar-refractivity contribution is 0.0844. The highest BCUT2D eigenvalue weighted by Gasteiger charge is 2.32. The molecule has 2 aromatic carbocycles. The predicted molar refractivity (Wildman–Crippen MR) is 84.7 cm³/mol. The van der Waals surface area contributed by atoms with E-state index in [9.17, 15) is 9.90 Å². The molecule has 0 spiro atoms. The number of carbonyl (C=O) groups is 1. The minimum absolute atomic E-state index is 0.0717. The predicted octanol–water partition coefficient (Wildman–Crippen LogP) is 3.42. The smallest absolute Gasteiger partial charge is 0.174 e. The highest BCUT2D eigenvalue weighted by molar-refractivity contribution is 6.03. The van der Waals surface area contributed by atoms with Crippen LogP contribution in [0, 0.1) is 6.92 Å². The standard InChI is InChI=1S/C18H18O5/c1-10-14(22-3)9-16-17(18(10)20)13(19)8-15(23-16)11-4-6-12(21-2)7-5-11/h4-7,9,15,20H,8H2,1-3H3/t15-/m0/s1. The Bertz CT molecular complexity index is 749. The van der Waals surface area contributed by atoms with Crippen LogP contribution in [0.3, 0.4) is 0 Å². The van der Waals surface area contributed by atoms with Crippen LogP contribution >= 0.6 is 0 Å². The molecule has 1 aliphatic heterocycles. The second-order valence-electron chi connectivity index (χ2n) is 5.43. The third kappa shape index (κ3) is 2.59. The molecule has 1 N–H and O–H groups in total. The molecule has 0 saturated heterocycles. The summed E-state index contributed by atoms with van der Waals surface area (Å²) in [5.41, 5.74) is 1.64. The van der Waals surface area contributed by atoms with Crippen molar-refractivity contribution in [1.82, 2.24) is 0 Å². The monoisotopic (exact) mass is 314 g/mol. The van der Waals surface area contributed by atoms with Crippen molar-refractivity contribution in [3.63, 3.8) is 0 Å². The second-order valence-corrected chi connectivity index (χ2v) is 5.43. The molecule has 120 valence electrons. The number of phenols is 1. The maximum Gasteiger partial charge on any atom is 0.174 e. The Morgan fingerprint density at radius 3 is 2.48 bits per heavy atom. The van der Waals surface area contributed by atoms with Crippen molar-refractivity contribution in [2.75, 3.05) is 14.2 Å². The number of fused-ring (bicyclic) bond motifs is 1. The van der Waals surface area contributed by atoms with E-state index in [4.69, 9.17) is 14.2 Å². The molecule has 1 aliphatic rings. The van der Waals surface area contributed by atoms with Gasteiger partial charge in [-0.05, 0) is 24.6 Å². The first-order valence-corrected chi connectivity index (χ1v) is 7.29. The van der Waals surface area contributed by atoms with Gasteiger partial charge < -0.3 is 19.3 Å². The Morgan fingerprint density at radius 1 is 1.17 bits per heavy atom. The first-order chi connectivity index (χ1) is 11.0. The van der Waals surface area contributed by atoms with Crippen molar-refractivity contribution in [2.24, 2.45) is 0 Å². The molecule has 2 aromatic rings.